The van der Waals surface area contributed by atoms with E-state index < -0.39 is 17.5 Å². The average Bonchev–Trinajstić information content (AvgIpc) is 2.95. The van der Waals surface area contributed by atoms with E-state index in [-0.39, 0.29) is 24.4 Å². The Morgan fingerprint density at radius 1 is 1.44 bits per heavy atom. The largest absolute Gasteiger partial charge is 0.496 e. The SMILES string of the molecule is CC[C@]1(F)C[C@@H](CCOc2ccnc3cc(C(N)=O)c(OC)cc23)NC1=O. The molecule has 0 unspecified atom stereocenters. The van der Waals surface area contributed by atoms with Crippen LogP contribution in [0, 0.1) is 0 Å². The van der Waals surface area contributed by atoms with Gasteiger partial charge in [0, 0.05) is 30.5 Å². The molecular weight excluding hydrogens is 353 g/mol. The third kappa shape index (κ3) is 3.65. The zero-order valence-corrected chi connectivity index (χ0v) is 15.3. The van der Waals surface area contributed by atoms with E-state index in [1.165, 1.54) is 7.11 Å². The van der Waals surface area contributed by atoms with Gasteiger partial charge < -0.3 is 20.5 Å². The van der Waals surface area contributed by atoms with Crippen molar-refractivity contribution in [2.45, 2.75) is 37.9 Å². The van der Waals surface area contributed by atoms with E-state index in [0.717, 1.165) is 0 Å². The fourth-order valence-electron chi connectivity index (χ4n) is 3.27. The summed E-state index contributed by atoms with van der Waals surface area (Å²) in [7, 11) is 1.45. The molecule has 27 heavy (non-hydrogen) atoms. The van der Waals surface area contributed by atoms with Crippen LogP contribution in [0.2, 0.25) is 0 Å². The molecule has 2 aromatic rings. The standard InChI is InChI=1S/C19H22FN3O4/c1-3-19(20)10-11(23-18(19)25)5-7-27-15-4-6-22-14-8-13(17(21)24)16(26-2)9-12(14)15/h4,6,8-9,11H,3,5,7,10H2,1-2H3,(H2,21,24)(H,23,25)/t11-,19+/m1/s1. The molecule has 0 bridgehead atoms. The maximum atomic E-state index is 14.3. The molecule has 1 saturated heterocycles. The van der Waals surface area contributed by atoms with Crippen molar-refractivity contribution in [1.82, 2.24) is 10.3 Å². The molecule has 0 aliphatic carbocycles. The monoisotopic (exact) mass is 375 g/mol. The Balaban J connectivity index is 1.74. The van der Waals surface area contributed by atoms with Crippen LogP contribution >= 0.6 is 0 Å². The minimum absolute atomic E-state index is 0.151. The number of aromatic nitrogens is 1. The molecule has 8 heteroatoms. The summed E-state index contributed by atoms with van der Waals surface area (Å²) in [4.78, 5) is 27.5. The lowest BCUT2D eigenvalue weighted by Crippen LogP contribution is -2.33. The number of alkyl halides is 1. The lowest BCUT2D eigenvalue weighted by atomic mass is 9.98. The Bertz CT molecular complexity index is 889. The van der Waals surface area contributed by atoms with Crippen LogP contribution < -0.4 is 20.5 Å². The van der Waals surface area contributed by atoms with E-state index in [9.17, 15) is 14.0 Å². The fourth-order valence-corrected chi connectivity index (χ4v) is 3.27. The zero-order chi connectivity index (χ0) is 19.6. The van der Waals surface area contributed by atoms with Gasteiger partial charge in [-0.25, -0.2) is 4.39 Å². The van der Waals surface area contributed by atoms with Crippen molar-refractivity contribution in [3.8, 4) is 11.5 Å². The Hall–Kier alpha value is -2.90. The zero-order valence-electron chi connectivity index (χ0n) is 15.3. The van der Waals surface area contributed by atoms with Crippen molar-refractivity contribution in [2.75, 3.05) is 13.7 Å². The van der Waals surface area contributed by atoms with Crippen LogP contribution in [0.25, 0.3) is 10.9 Å². The van der Waals surface area contributed by atoms with Crippen molar-refractivity contribution in [3.05, 3.63) is 30.0 Å². The highest BCUT2D eigenvalue weighted by Gasteiger charge is 2.45. The molecule has 1 aromatic carbocycles. The minimum Gasteiger partial charge on any atom is -0.496 e. The highest BCUT2D eigenvalue weighted by molar-refractivity contribution is 6.01. The molecule has 3 N–H and O–H groups in total. The Kier molecular flexibility index (Phi) is 5.16. The average molecular weight is 375 g/mol. The first kappa shape index (κ1) is 18.9. The molecule has 1 aromatic heterocycles. The normalized spacial score (nSPS) is 21.9. The maximum absolute atomic E-state index is 14.3. The first-order valence-electron chi connectivity index (χ1n) is 8.77. The van der Waals surface area contributed by atoms with E-state index in [4.69, 9.17) is 15.2 Å². The van der Waals surface area contributed by atoms with Gasteiger partial charge in [-0.2, -0.15) is 0 Å². The van der Waals surface area contributed by atoms with Crippen molar-refractivity contribution in [2.24, 2.45) is 5.73 Å². The highest BCUT2D eigenvalue weighted by atomic mass is 19.1. The number of nitrogens with one attached hydrogen (secondary N) is 1. The lowest BCUT2D eigenvalue weighted by Gasteiger charge is -2.14. The lowest BCUT2D eigenvalue weighted by molar-refractivity contribution is -0.129. The summed E-state index contributed by atoms with van der Waals surface area (Å²) >= 11 is 0. The number of ether oxygens (including phenoxy) is 2. The second kappa shape index (κ2) is 7.38. The van der Waals surface area contributed by atoms with Gasteiger partial charge in [-0.15, -0.1) is 0 Å². The summed E-state index contributed by atoms with van der Waals surface area (Å²) in [6, 6.07) is 4.65. The Morgan fingerprint density at radius 3 is 2.85 bits per heavy atom. The third-order valence-electron chi connectivity index (χ3n) is 4.88. The molecule has 2 heterocycles. The smallest absolute Gasteiger partial charge is 0.257 e. The third-order valence-corrected chi connectivity index (χ3v) is 4.88. The summed E-state index contributed by atoms with van der Waals surface area (Å²) < 4.78 is 25.4. The number of halogens is 1. The molecule has 7 nitrogen and oxygen atoms in total. The summed E-state index contributed by atoms with van der Waals surface area (Å²) in [5.74, 6) is -0.265. The number of methoxy groups -OCH3 is 1. The molecule has 2 atom stereocenters. The second-order valence-corrected chi connectivity index (χ2v) is 6.57. The molecule has 0 radical (unpaired) electrons. The first-order chi connectivity index (χ1) is 12.9. The van der Waals surface area contributed by atoms with Gasteiger partial charge in [0.1, 0.15) is 11.5 Å². The number of primary amides is 1. The molecule has 1 fully saturated rings. The molecule has 1 aliphatic rings. The van der Waals surface area contributed by atoms with Crippen LogP contribution in [0.1, 0.15) is 36.5 Å². The molecule has 1 aliphatic heterocycles. The van der Waals surface area contributed by atoms with Gasteiger partial charge in [0.2, 0.25) is 0 Å². The van der Waals surface area contributed by atoms with Crippen molar-refractivity contribution in [1.29, 1.82) is 0 Å². The predicted octanol–water partition coefficient (Wildman–Crippen LogP) is 2.12. The van der Waals surface area contributed by atoms with Crippen molar-refractivity contribution in [3.63, 3.8) is 0 Å². The Morgan fingerprint density at radius 2 is 2.22 bits per heavy atom. The number of nitrogens with two attached hydrogens (primary N) is 1. The van der Waals surface area contributed by atoms with Crippen molar-refractivity contribution < 1.29 is 23.5 Å². The quantitative estimate of drug-likeness (QED) is 0.771. The number of benzene rings is 1. The Labute approximate surface area is 156 Å². The summed E-state index contributed by atoms with van der Waals surface area (Å²) in [5.41, 5.74) is 4.37. The van der Waals surface area contributed by atoms with E-state index in [1.54, 1.807) is 31.3 Å². The fraction of sp³-hybridized carbons (Fsp3) is 0.421. The van der Waals surface area contributed by atoms with E-state index in [0.29, 0.717) is 35.4 Å². The summed E-state index contributed by atoms with van der Waals surface area (Å²) in [6.45, 7) is 1.96. The molecule has 2 amide bonds. The van der Waals surface area contributed by atoms with Crippen molar-refractivity contribution >= 4 is 22.7 Å². The number of carbonyl (C=O) groups is 2. The van der Waals surface area contributed by atoms with Gasteiger partial charge in [-0.3, -0.25) is 14.6 Å². The van der Waals surface area contributed by atoms with Crippen LogP contribution in [-0.4, -0.2) is 42.2 Å². The number of nitrogens with zero attached hydrogens (tertiary/aromatic N) is 1. The number of hydrogen-bond donors (Lipinski definition) is 2. The molecule has 0 saturated carbocycles. The molecule has 0 spiro atoms. The van der Waals surface area contributed by atoms with E-state index in [1.807, 2.05) is 0 Å². The second-order valence-electron chi connectivity index (χ2n) is 6.57. The number of hydrogen-bond acceptors (Lipinski definition) is 5. The molecular formula is C19H22FN3O4. The number of carbonyl (C=O) groups excluding carboxylic acids is 2. The minimum atomic E-state index is -1.79. The summed E-state index contributed by atoms with van der Waals surface area (Å²) in [6.07, 6.45) is 2.36. The van der Waals surface area contributed by atoms with Crippen LogP contribution in [-0.2, 0) is 4.79 Å². The van der Waals surface area contributed by atoms with Gasteiger partial charge >= 0.3 is 0 Å². The van der Waals surface area contributed by atoms with Gasteiger partial charge in [-0.1, -0.05) is 6.92 Å². The van der Waals surface area contributed by atoms with Crippen LogP contribution in [0.3, 0.4) is 0 Å². The van der Waals surface area contributed by atoms with Gasteiger partial charge in [0.15, 0.2) is 5.67 Å². The van der Waals surface area contributed by atoms with E-state index >= 15 is 0 Å². The van der Waals surface area contributed by atoms with Gasteiger partial charge in [-0.05, 0) is 24.6 Å². The van der Waals surface area contributed by atoms with Gasteiger partial charge in [0.25, 0.3) is 11.8 Å². The number of amides is 2. The number of pyridine rings is 1. The number of fused-ring (bicyclic) bond motifs is 1. The van der Waals surface area contributed by atoms with Gasteiger partial charge in [0.05, 0.1) is 24.8 Å². The maximum Gasteiger partial charge on any atom is 0.257 e. The first-order valence-corrected chi connectivity index (χ1v) is 8.77. The van der Waals surface area contributed by atoms with Crippen LogP contribution in [0.5, 0.6) is 11.5 Å². The summed E-state index contributed by atoms with van der Waals surface area (Å²) in [5, 5.41) is 3.35. The van der Waals surface area contributed by atoms with E-state index in [2.05, 4.69) is 10.3 Å². The van der Waals surface area contributed by atoms with Crippen LogP contribution in [0.15, 0.2) is 24.4 Å². The molecule has 3 rings (SSSR count). The topological polar surface area (TPSA) is 104 Å². The highest BCUT2D eigenvalue weighted by Crippen LogP contribution is 2.32. The number of rotatable bonds is 7. The van der Waals surface area contributed by atoms with Crippen LogP contribution in [0.4, 0.5) is 4.39 Å². The molecule has 144 valence electrons. The predicted molar refractivity (Wildman–Crippen MR) is 97.6 cm³/mol.